The van der Waals surface area contributed by atoms with Gasteiger partial charge >= 0.3 is 0 Å². The molecule has 2 aromatic carbocycles. The van der Waals surface area contributed by atoms with Gasteiger partial charge in [-0.05, 0) is 42.8 Å². The molecule has 2 N–H and O–H groups in total. The van der Waals surface area contributed by atoms with Gasteiger partial charge in [-0.2, -0.15) is 4.98 Å². The SMILES string of the molecule is Cc1cc2c(NS(C)(=O)=O)cccc2n1-c1nc(NCc2ccccc2)c2cccn2n1. The van der Waals surface area contributed by atoms with Crippen LogP contribution in [0, 0.1) is 6.92 Å². The lowest BCUT2D eigenvalue weighted by Crippen LogP contribution is -2.11. The fourth-order valence-electron chi connectivity index (χ4n) is 3.85. The highest BCUT2D eigenvalue weighted by molar-refractivity contribution is 7.92. The highest BCUT2D eigenvalue weighted by Crippen LogP contribution is 2.30. The Morgan fingerprint density at radius 1 is 0.969 bits per heavy atom. The summed E-state index contributed by atoms with van der Waals surface area (Å²) in [6.07, 6.45) is 3.02. The summed E-state index contributed by atoms with van der Waals surface area (Å²) in [5.41, 5.74) is 4.26. The quantitative estimate of drug-likeness (QED) is 0.412. The van der Waals surface area contributed by atoms with E-state index in [4.69, 9.17) is 10.1 Å². The zero-order chi connectivity index (χ0) is 22.3. The summed E-state index contributed by atoms with van der Waals surface area (Å²) in [6.45, 7) is 2.58. The summed E-state index contributed by atoms with van der Waals surface area (Å²) < 4.78 is 29.9. The van der Waals surface area contributed by atoms with Crippen LogP contribution in [0.2, 0.25) is 0 Å². The number of rotatable bonds is 6. The van der Waals surface area contributed by atoms with E-state index in [-0.39, 0.29) is 0 Å². The van der Waals surface area contributed by atoms with Crippen LogP contribution in [0.1, 0.15) is 11.3 Å². The van der Waals surface area contributed by atoms with E-state index in [1.165, 1.54) is 0 Å². The van der Waals surface area contributed by atoms with Gasteiger partial charge in [0.1, 0.15) is 5.52 Å². The van der Waals surface area contributed by atoms with Crippen LogP contribution in [-0.4, -0.2) is 33.8 Å². The molecule has 0 saturated carbocycles. The predicted octanol–water partition coefficient (Wildman–Crippen LogP) is 3.97. The molecule has 162 valence electrons. The van der Waals surface area contributed by atoms with Gasteiger partial charge < -0.3 is 5.32 Å². The second-order valence-corrected chi connectivity index (χ2v) is 9.42. The Kier molecular flexibility index (Phi) is 4.82. The van der Waals surface area contributed by atoms with Crippen LogP contribution < -0.4 is 10.0 Å². The number of benzene rings is 2. The molecular weight excluding hydrogens is 424 g/mol. The Morgan fingerprint density at radius 2 is 1.75 bits per heavy atom. The minimum Gasteiger partial charge on any atom is -0.364 e. The molecule has 0 bridgehead atoms. The van der Waals surface area contributed by atoms with Crippen LogP contribution in [0.5, 0.6) is 0 Å². The van der Waals surface area contributed by atoms with Crippen LogP contribution in [0.25, 0.3) is 22.4 Å². The maximum atomic E-state index is 11.8. The lowest BCUT2D eigenvalue weighted by atomic mass is 10.2. The van der Waals surface area contributed by atoms with E-state index >= 15 is 0 Å². The first-order valence-corrected chi connectivity index (χ1v) is 12.0. The van der Waals surface area contributed by atoms with Crippen LogP contribution in [0.3, 0.4) is 0 Å². The third kappa shape index (κ3) is 3.78. The third-order valence-corrected chi connectivity index (χ3v) is 5.80. The normalized spacial score (nSPS) is 11.8. The topological polar surface area (TPSA) is 93.3 Å². The Hall–Kier alpha value is -3.85. The highest BCUT2D eigenvalue weighted by atomic mass is 32.2. The van der Waals surface area contributed by atoms with Gasteiger partial charge in [0.2, 0.25) is 10.0 Å². The Labute approximate surface area is 185 Å². The van der Waals surface area contributed by atoms with Crippen molar-refractivity contribution in [2.75, 3.05) is 16.3 Å². The summed E-state index contributed by atoms with van der Waals surface area (Å²) in [4.78, 5) is 4.83. The lowest BCUT2D eigenvalue weighted by molar-refractivity contribution is 0.607. The van der Waals surface area contributed by atoms with Crippen molar-refractivity contribution in [1.29, 1.82) is 0 Å². The molecule has 0 aliphatic carbocycles. The van der Waals surface area contributed by atoms with Crippen molar-refractivity contribution in [2.45, 2.75) is 13.5 Å². The highest BCUT2D eigenvalue weighted by Gasteiger charge is 2.16. The molecule has 0 spiro atoms. The third-order valence-electron chi connectivity index (χ3n) is 5.21. The Bertz CT molecular complexity index is 1540. The van der Waals surface area contributed by atoms with Crippen LogP contribution in [-0.2, 0) is 16.6 Å². The number of fused-ring (bicyclic) bond motifs is 2. The van der Waals surface area contributed by atoms with E-state index in [0.717, 1.165) is 39.8 Å². The van der Waals surface area contributed by atoms with E-state index in [2.05, 4.69) is 22.2 Å². The van der Waals surface area contributed by atoms with Gasteiger partial charge in [0.25, 0.3) is 5.95 Å². The molecule has 0 aliphatic rings. The number of nitrogens with one attached hydrogen (secondary N) is 2. The molecule has 0 aliphatic heterocycles. The molecule has 3 aromatic heterocycles. The summed E-state index contributed by atoms with van der Waals surface area (Å²) in [5.74, 6) is 1.21. The van der Waals surface area contributed by atoms with Crippen LogP contribution in [0.15, 0.2) is 72.9 Å². The van der Waals surface area contributed by atoms with Crippen molar-refractivity contribution >= 4 is 37.9 Å². The molecule has 0 radical (unpaired) electrons. The molecule has 0 amide bonds. The zero-order valence-corrected chi connectivity index (χ0v) is 18.5. The molecule has 5 aromatic rings. The smallest absolute Gasteiger partial charge is 0.254 e. The van der Waals surface area contributed by atoms with Crippen molar-refractivity contribution in [1.82, 2.24) is 19.2 Å². The number of aryl methyl sites for hydroxylation is 1. The summed E-state index contributed by atoms with van der Waals surface area (Å²) in [6, 6.07) is 21.4. The molecule has 0 fully saturated rings. The number of anilines is 2. The molecule has 0 unspecified atom stereocenters. The first kappa shape index (κ1) is 20.1. The van der Waals surface area contributed by atoms with E-state index < -0.39 is 10.0 Å². The molecule has 0 saturated heterocycles. The molecule has 9 heteroatoms. The van der Waals surface area contributed by atoms with Crippen molar-refractivity contribution in [3.63, 3.8) is 0 Å². The second-order valence-electron chi connectivity index (χ2n) is 7.67. The molecular formula is C23H22N6O2S. The zero-order valence-electron chi connectivity index (χ0n) is 17.6. The summed E-state index contributed by atoms with van der Waals surface area (Å²) in [7, 11) is -3.40. The summed E-state index contributed by atoms with van der Waals surface area (Å²) >= 11 is 0. The molecule has 32 heavy (non-hydrogen) atoms. The second kappa shape index (κ2) is 7.69. The van der Waals surface area contributed by atoms with E-state index in [1.54, 1.807) is 10.6 Å². The maximum Gasteiger partial charge on any atom is 0.254 e. The average Bonchev–Trinajstić information content (AvgIpc) is 3.36. The molecule has 8 nitrogen and oxygen atoms in total. The summed E-state index contributed by atoms with van der Waals surface area (Å²) in [5, 5.41) is 8.91. The maximum absolute atomic E-state index is 11.8. The molecule has 3 heterocycles. The van der Waals surface area contributed by atoms with Gasteiger partial charge in [0.05, 0.1) is 17.5 Å². The van der Waals surface area contributed by atoms with Gasteiger partial charge in [-0.3, -0.25) is 9.29 Å². The first-order chi connectivity index (χ1) is 15.4. The Balaban J connectivity index is 1.62. The van der Waals surface area contributed by atoms with E-state index in [1.807, 2.05) is 66.2 Å². The number of aromatic nitrogens is 4. The molecule has 5 rings (SSSR count). The fourth-order valence-corrected chi connectivity index (χ4v) is 4.42. The van der Waals surface area contributed by atoms with Gasteiger partial charge in [-0.15, -0.1) is 5.10 Å². The first-order valence-electron chi connectivity index (χ1n) is 10.1. The largest absolute Gasteiger partial charge is 0.364 e. The van der Waals surface area contributed by atoms with Gasteiger partial charge in [0.15, 0.2) is 5.82 Å². The van der Waals surface area contributed by atoms with Crippen LogP contribution >= 0.6 is 0 Å². The van der Waals surface area contributed by atoms with Crippen molar-refractivity contribution < 1.29 is 8.42 Å². The van der Waals surface area contributed by atoms with Gasteiger partial charge in [-0.25, -0.2) is 12.9 Å². The number of nitrogens with zero attached hydrogens (tertiary/aromatic N) is 4. The van der Waals surface area contributed by atoms with Gasteiger partial charge in [0, 0.05) is 23.8 Å². The lowest BCUT2D eigenvalue weighted by Gasteiger charge is -2.12. The number of hydrogen-bond acceptors (Lipinski definition) is 5. The predicted molar refractivity (Wildman–Crippen MR) is 127 cm³/mol. The monoisotopic (exact) mass is 446 g/mol. The standard InChI is InChI=1S/C23H22N6O2S/c1-16-14-18-19(27-32(2,30)31)10-6-11-20(18)29(16)23-25-22(21-12-7-13-28(21)26-23)24-15-17-8-4-3-5-9-17/h3-14,27H,15H2,1-2H3,(H,24,25,26). The Morgan fingerprint density at radius 3 is 2.53 bits per heavy atom. The fraction of sp³-hybridized carbons (Fsp3) is 0.130. The van der Waals surface area contributed by atoms with E-state index in [9.17, 15) is 8.42 Å². The minimum atomic E-state index is -3.40. The number of hydrogen-bond donors (Lipinski definition) is 2. The van der Waals surface area contributed by atoms with Gasteiger partial charge in [-0.1, -0.05) is 36.4 Å². The van der Waals surface area contributed by atoms with Crippen molar-refractivity contribution in [2.24, 2.45) is 0 Å². The van der Waals surface area contributed by atoms with Crippen LogP contribution in [0.4, 0.5) is 11.5 Å². The number of sulfonamides is 1. The molecule has 0 atom stereocenters. The average molecular weight is 447 g/mol. The van der Waals surface area contributed by atoms with Crippen molar-refractivity contribution in [3.05, 3.63) is 84.2 Å². The van der Waals surface area contributed by atoms with E-state index in [0.29, 0.717) is 18.2 Å². The van der Waals surface area contributed by atoms with Crippen molar-refractivity contribution in [3.8, 4) is 5.95 Å². The minimum absolute atomic E-state index is 0.494.